The summed E-state index contributed by atoms with van der Waals surface area (Å²) in [5.41, 5.74) is 1.25. The highest BCUT2D eigenvalue weighted by atomic mass is 35.5. The van der Waals surface area contributed by atoms with Crippen molar-refractivity contribution in [2.24, 2.45) is 0 Å². The fourth-order valence-electron chi connectivity index (χ4n) is 1.57. The lowest BCUT2D eigenvalue weighted by atomic mass is 10.1. The number of nitrogens with zero attached hydrogens (tertiary/aromatic N) is 3. The van der Waals surface area contributed by atoms with Gasteiger partial charge in [-0.25, -0.2) is 9.97 Å². The van der Waals surface area contributed by atoms with Crippen LogP contribution in [0.4, 0.5) is 0 Å². The predicted octanol–water partition coefficient (Wildman–Crippen LogP) is 2.60. The van der Waals surface area contributed by atoms with Crippen molar-refractivity contribution in [2.45, 2.75) is 6.42 Å². The number of ether oxygens (including phenoxy) is 1. The van der Waals surface area contributed by atoms with Gasteiger partial charge in [-0.3, -0.25) is 0 Å². The van der Waals surface area contributed by atoms with E-state index in [-0.39, 0.29) is 10.7 Å². The van der Waals surface area contributed by atoms with Gasteiger partial charge in [0.25, 0.3) is 0 Å². The molecule has 0 saturated heterocycles. The molecule has 0 amide bonds. The Balaban J connectivity index is 2.29. The van der Waals surface area contributed by atoms with Crippen LogP contribution in [0.3, 0.4) is 0 Å². The van der Waals surface area contributed by atoms with Crippen LogP contribution in [0, 0.1) is 11.3 Å². The SMILES string of the molecule is COc1ccccc1Cc1ncc(C#N)c(Cl)n1. The van der Waals surface area contributed by atoms with Crippen molar-refractivity contribution in [3.8, 4) is 11.8 Å². The Morgan fingerprint density at radius 3 is 2.83 bits per heavy atom. The van der Waals surface area contributed by atoms with Gasteiger partial charge in [0.05, 0.1) is 7.11 Å². The number of para-hydroxylation sites is 1. The van der Waals surface area contributed by atoms with Crippen LogP contribution in [-0.4, -0.2) is 17.1 Å². The maximum atomic E-state index is 8.75. The topological polar surface area (TPSA) is 58.8 Å². The van der Waals surface area contributed by atoms with Crippen LogP contribution < -0.4 is 4.74 Å². The lowest BCUT2D eigenvalue weighted by Crippen LogP contribution is -2.00. The van der Waals surface area contributed by atoms with Gasteiger partial charge in [-0.1, -0.05) is 29.8 Å². The Hall–Kier alpha value is -2.12. The molecule has 90 valence electrons. The van der Waals surface area contributed by atoms with Gasteiger partial charge in [0.15, 0.2) is 5.15 Å². The van der Waals surface area contributed by atoms with E-state index >= 15 is 0 Å². The molecule has 2 aromatic rings. The van der Waals surface area contributed by atoms with Crippen molar-refractivity contribution in [3.05, 3.63) is 52.6 Å². The molecule has 2 rings (SSSR count). The highest BCUT2D eigenvalue weighted by Crippen LogP contribution is 2.20. The number of halogens is 1. The van der Waals surface area contributed by atoms with E-state index in [0.29, 0.717) is 12.2 Å². The summed E-state index contributed by atoms with van der Waals surface area (Å²) in [5.74, 6) is 1.34. The van der Waals surface area contributed by atoms with E-state index in [9.17, 15) is 0 Å². The lowest BCUT2D eigenvalue weighted by molar-refractivity contribution is 0.410. The Morgan fingerprint density at radius 1 is 1.39 bits per heavy atom. The molecule has 1 aromatic heterocycles. The Bertz CT molecular complexity index is 607. The van der Waals surface area contributed by atoms with Crippen molar-refractivity contribution >= 4 is 11.6 Å². The van der Waals surface area contributed by atoms with Gasteiger partial charge in [-0.15, -0.1) is 0 Å². The second kappa shape index (κ2) is 5.48. The third kappa shape index (κ3) is 2.58. The van der Waals surface area contributed by atoms with Gasteiger partial charge in [0.1, 0.15) is 23.2 Å². The molecule has 0 fully saturated rings. The van der Waals surface area contributed by atoms with Crippen molar-refractivity contribution in [1.29, 1.82) is 5.26 Å². The molecule has 1 heterocycles. The van der Waals surface area contributed by atoms with Crippen LogP contribution in [0.1, 0.15) is 17.0 Å². The monoisotopic (exact) mass is 259 g/mol. The number of benzene rings is 1. The first-order chi connectivity index (χ1) is 8.74. The van der Waals surface area contributed by atoms with Crippen LogP contribution in [0.25, 0.3) is 0 Å². The highest BCUT2D eigenvalue weighted by molar-refractivity contribution is 6.30. The van der Waals surface area contributed by atoms with Gasteiger partial charge in [-0.2, -0.15) is 5.26 Å². The van der Waals surface area contributed by atoms with E-state index in [4.69, 9.17) is 21.6 Å². The molecule has 0 atom stereocenters. The molecule has 0 spiro atoms. The summed E-state index contributed by atoms with van der Waals surface area (Å²) in [6, 6.07) is 9.56. The second-order valence-electron chi connectivity index (χ2n) is 3.59. The summed E-state index contributed by atoms with van der Waals surface area (Å²) < 4.78 is 5.25. The maximum absolute atomic E-state index is 8.75. The number of nitriles is 1. The normalized spacial score (nSPS) is 9.83. The van der Waals surface area contributed by atoms with E-state index in [1.54, 1.807) is 7.11 Å². The maximum Gasteiger partial charge on any atom is 0.150 e. The molecule has 0 radical (unpaired) electrons. The molecule has 0 bridgehead atoms. The van der Waals surface area contributed by atoms with Crippen LogP contribution in [-0.2, 0) is 6.42 Å². The molecule has 0 saturated carbocycles. The zero-order valence-corrected chi connectivity index (χ0v) is 10.5. The smallest absolute Gasteiger partial charge is 0.150 e. The standard InChI is InChI=1S/C13H10ClN3O/c1-18-11-5-3-2-4-9(11)6-12-16-8-10(7-15)13(14)17-12/h2-5,8H,6H2,1H3. The molecule has 0 N–H and O–H groups in total. The highest BCUT2D eigenvalue weighted by Gasteiger charge is 2.08. The summed E-state index contributed by atoms with van der Waals surface area (Å²) in [6.45, 7) is 0. The van der Waals surface area contributed by atoms with E-state index < -0.39 is 0 Å². The zero-order chi connectivity index (χ0) is 13.0. The number of aromatic nitrogens is 2. The third-order valence-corrected chi connectivity index (χ3v) is 2.74. The van der Waals surface area contributed by atoms with E-state index in [0.717, 1.165) is 11.3 Å². The van der Waals surface area contributed by atoms with E-state index in [1.165, 1.54) is 6.20 Å². The quantitative estimate of drug-likeness (QED) is 0.795. The molecule has 0 aliphatic carbocycles. The second-order valence-corrected chi connectivity index (χ2v) is 3.95. The minimum absolute atomic E-state index is 0.178. The van der Waals surface area contributed by atoms with Crippen LogP contribution >= 0.6 is 11.6 Å². The minimum Gasteiger partial charge on any atom is -0.496 e. The Kier molecular flexibility index (Phi) is 3.75. The average molecular weight is 260 g/mol. The largest absolute Gasteiger partial charge is 0.496 e. The van der Waals surface area contributed by atoms with Gasteiger partial charge in [0, 0.05) is 18.2 Å². The average Bonchev–Trinajstić information content (AvgIpc) is 2.39. The first-order valence-corrected chi connectivity index (χ1v) is 5.66. The van der Waals surface area contributed by atoms with Gasteiger partial charge < -0.3 is 4.74 Å². The number of rotatable bonds is 3. The molecule has 0 aliphatic rings. The van der Waals surface area contributed by atoms with Gasteiger partial charge in [0.2, 0.25) is 0 Å². The summed E-state index contributed by atoms with van der Waals surface area (Å²) in [7, 11) is 1.62. The van der Waals surface area contributed by atoms with Crippen LogP contribution in [0.2, 0.25) is 5.15 Å². The van der Waals surface area contributed by atoms with E-state index in [1.807, 2.05) is 30.3 Å². The summed E-state index contributed by atoms with van der Waals surface area (Å²) >= 11 is 5.86. The van der Waals surface area contributed by atoms with Crippen molar-refractivity contribution in [3.63, 3.8) is 0 Å². The predicted molar refractivity (Wildman–Crippen MR) is 67.6 cm³/mol. The number of methoxy groups -OCH3 is 1. The minimum atomic E-state index is 0.178. The van der Waals surface area contributed by atoms with Crippen LogP contribution in [0.5, 0.6) is 5.75 Å². The molecule has 0 aliphatic heterocycles. The Morgan fingerprint density at radius 2 is 2.17 bits per heavy atom. The van der Waals surface area contributed by atoms with Crippen molar-refractivity contribution in [2.75, 3.05) is 7.11 Å². The van der Waals surface area contributed by atoms with Crippen molar-refractivity contribution < 1.29 is 4.74 Å². The summed E-state index contributed by atoms with van der Waals surface area (Å²) in [4.78, 5) is 8.20. The molecule has 1 aromatic carbocycles. The fraction of sp³-hybridized carbons (Fsp3) is 0.154. The van der Waals surface area contributed by atoms with Crippen molar-refractivity contribution in [1.82, 2.24) is 9.97 Å². The fourth-order valence-corrected chi connectivity index (χ4v) is 1.76. The molecule has 18 heavy (non-hydrogen) atoms. The summed E-state index contributed by atoms with van der Waals surface area (Å²) in [5, 5.41) is 8.92. The molecule has 5 heteroatoms. The van der Waals surface area contributed by atoms with Gasteiger partial charge in [-0.05, 0) is 6.07 Å². The number of hydrogen-bond donors (Lipinski definition) is 0. The van der Waals surface area contributed by atoms with Gasteiger partial charge >= 0.3 is 0 Å². The molecule has 0 unspecified atom stereocenters. The molecular formula is C13H10ClN3O. The first-order valence-electron chi connectivity index (χ1n) is 5.28. The zero-order valence-electron chi connectivity index (χ0n) is 9.72. The lowest BCUT2D eigenvalue weighted by Gasteiger charge is -2.07. The third-order valence-electron chi connectivity index (χ3n) is 2.45. The number of hydrogen-bond acceptors (Lipinski definition) is 4. The Labute approximate surface area is 110 Å². The first kappa shape index (κ1) is 12.3. The summed E-state index contributed by atoms with van der Waals surface area (Å²) in [6.07, 6.45) is 1.94. The van der Waals surface area contributed by atoms with Crippen LogP contribution in [0.15, 0.2) is 30.5 Å². The molecule has 4 nitrogen and oxygen atoms in total. The molecular weight excluding hydrogens is 250 g/mol. The van der Waals surface area contributed by atoms with E-state index in [2.05, 4.69) is 9.97 Å².